The van der Waals surface area contributed by atoms with Crippen molar-refractivity contribution in [3.63, 3.8) is 0 Å². The largest absolute Gasteiger partial charge is 0.334 e. The minimum absolute atomic E-state index is 0.704. The molecule has 3 aromatic rings. The van der Waals surface area contributed by atoms with E-state index in [4.69, 9.17) is 9.05 Å². The standard InChI is InChI=1S/C24H27O2P/c1-4-10-22(11-5-1)16-19-25-27(21-18-24-14-8-3-9-15-24)26-20-17-23-12-6-2-7-13-23/h1-15H,16-21H2. The summed E-state index contributed by atoms with van der Waals surface area (Å²) in [6, 6.07) is 31.5. The molecule has 27 heavy (non-hydrogen) atoms. The lowest BCUT2D eigenvalue weighted by atomic mass is 10.2. The molecule has 0 spiro atoms. The maximum absolute atomic E-state index is 6.15. The van der Waals surface area contributed by atoms with Crippen molar-refractivity contribution in [1.82, 2.24) is 0 Å². The van der Waals surface area contributed by atoms with E-state index in [0.717, 1.165) is 25.4 Å². The first kappa shape index (κ1) is 19.8. The molecule has 0 atom stereocenters. The maximum atomic E-state index is 6.15. The van der Waals surface area contributed by atoms with E-state index in [1.54, 1.807) is 0 Å². The van der Waals surface area contributed by atoms with E-state index < -0.39 is 8.38 Å². The van der Waals surface area contributed by atoms with Crippen molar-refractivity contribution >= 4 is 8.38 Å². The van der Waals surface area contributed by atoms with Crippen molar-refractivity contribution in [2.75, 3.05) is 19.4 Å². The Labute approximate surface area is 164 Å². The molecule has 3 aromatic carbocycles. The lowest BCUT2D eigenvalue weighted by molar-refractivity contribution is 0.253. The second-order valence-electron chi connectivity index (χ2n) is 6.43. The van der Waals surface area contributed by atoms with Gasteiger partial charge in [-0.2, -0.15) is 0 Å². The second kappa shape index (κ2) is 11.7. The van der Waals surface area contributed by atoms with E-state index in [1.165, 1.54) is 16.7 Å². The van der Waals surface area contributed by atoms with Crippen LogP contribution in [0.2, 0.25) is 0 Å². The molecule has 0 heterocycles. The highest BCUT2D eigenvalue weighted by atomic mass is 31.2. The molecule has 0 N–H and O–H groups in total. The molecule has 0 unspecified atom stereocenters. The van der Waals surface area contributed by atoms with Crippen LogP contribution in [0.25, 0.3) is 0 Å². The normalized spacial score (nSPS) is 11.0. The first-order chi connectivity index (χ1) is 13.4. The van der Waals surface area contributed by atoms with Crippen molar-refractivity contribution < 1.29 is 9.05 Å². The van der Waals surface area contributed by atoms with Gasteiger partial charge in [-0.3, -0.25) is 0 Å². The Balaban J connectivity index is 1.47. The van der Waals surface area contributed by atoms with Gasteiger partial charge in [-0.25, -0.2) is 0 Å². The van der Waals surface area contributed by atoms with Gasteiger partial charge in [0.15, 0.2) is 8.38 Å². The topological polar surface area (TPSA) is 18.5 Å². The third-order valence-electron chi connectivity index (χ3n) is 4.36. The SMILES string of the molecule is c1ccc(CCOP(CCc2ccccc2)OCCc2ccccc2)cc1. The summed E-state index contributed by atoms with van der Waals surface area (Å²) < 4.78 is 12.3. The Morgan fingerprint density at radius 1 is 0.481 bits per heavy atom. The third-order valence-corrected chi connectivity index (χ3v) is 5.89. The molecule has 2 nitrogen and oxygen atoms in total. The van der Waals surface area contributed by atoms with Gasteiger partial charge < -0.3 is 9.05 Å². The van der Waals surface area contributed by atoms with Crippen LogP contribution in [0.1, 0.15) is 16.7 Å². The summed E-state index contributed by atoms with van der Waals surface area (Å²) in [6.45, 7) is 1.41. The van der Waals surface area contributed by atoms with Crippen molar-refractivity contribution in [2.24, 2.45) is 0 Å². The minimum Gasteiger partial charge on any atom is -0.334 e. The summed E-state index contributed by atoms with van der Waals surface area (Å²) in [6.07, 6.45) is 3.77. The van der Waals surface area contributed by atoms with Crippen LogP contribution in [-0.2, 0) is 28.3 Å². The van der Waals surface area contributed by atoms with Gasteiger partial charge in [0.05, 0.1) is 13.2 Å². The van der Waals surface area contributed by atoms with Crippen LogP contribution >= 0.6 is 8.38 Å². The van der Waals surface area contributed by atoms with E-state index in [9.17, 15) is 0 Å². The molecule has 0 bridgehead atoms. The van der Waals surface area contributed by atoms with Crippen LogP contribution in [0.4, 0.5) is 0 Å². The molecule has 3 rings (SSSR count). The van der Waals surface area contributed by atoms with E-state index >= 15 is 0 Å². The zero-order chi connectivity index (χ0) is 18.6. The molecular weight excluding hydrogens is 351 g/mol. The van der Waals surface area contributed by atoms with Crippen LogP contribution in [-0.4, -0.2) is 19.4 Å². The first-order valence-electron chi connectivity index (χ1n) is 9.55. The zero-order valence-corrected chi connectivity index (χ0v) is 16.6. The zero-order valence-electron chi connectivity index (χ0n) is 15.7. The molecular formula is C24H27O2P. The van der Waals surface area contributed by atoms with Crippen molar-refractivity contribution in [3.05, 3.63) is 108 Å². The van der Waals surface area contributed by atoms with Gasteiger partial charge in [-0.05, 0) is 36.0 Å². The Morgan fingerprint density at radius 3 is 1.26 bits per heavy atom. The number of hydrogen-bond donors (Lipinski definition) is 0. The molecule has 0 radical (unpaired) electrons. The fourth-order valence-corrected chi connectivity index (χ4v) is 4.21. The summed E-state index contributed by atoms with van der Waals surface area (Å²) in [4.78, 5) is 0. The van der Waals surface area contributed by atoms with E-state index in [2.05, 4.69) is 78.9 Å². The van der Waals surface area contributed by atoms with Gasteiger partial charge in [-0.15, -0.1) is 0 Å². The fourth-order valence-electron chi connectivity index (χ4n) is 2.85. The predicted octanol–water partition coefficient (Wildman–Crippen LogP) is 6.06. The predicted molar refractivity (Wildman–Crippen MR) is 114 cm³/mol. The number of rotatable bonds is 11. The van der Waals surface area contributed by atoms with Crippen molar-refractivity contribution in [2.45, 2.75) is 19.3 Å². The number of hydrogen-bond acceptors (Lipinski definition) is 2. The number of benzene rings is 3. The van der Waals surface area contributed by atoms with Gasteiger partial charge in [0.2, 0.25) is 0 Å². The van der Waals surface area contributed by atoms with Gasteiger partial charge in [0, 0.05) is 6.16 Å². The first-order valence-corrected chi connectivity index (χ1v) is 10.9. The van der Waals surface area contributed by atoms with Gasteiger partial charge >= 0.3 is 0 Å². The third kappa shape index (κ3) is 7.64. The molecule has 0 amide bonds. The highest BCUT2D eigenvalue weighted by Crippen LogP contribution is 2.39. The molecule has 140 valence electrons. The van der Waals surface area contributed by atoms with Crippen molar-refractivity contribution in [3.8, 4) is 0 Å². The monoisotopic (exact) mass is 378 g/mol. The summed E-state index contributed by atoms with van der Waals surface area (Å²) in [5, 5.41) is 0. The lowest BCUT2D eigenvalue weighted by Gasteiger charge is -2.18. The van der Waals surface area contributed by atoms with Gasteiger partial charge in [-0.1, -0.05) is 91.0 Å². The van der Waals surface area contributed by atoms with Crippen molar-refractivity contribution in [1.29, 1.82) is 0 Å². The van der Waals surface area contributed by atoms with Crippen LogP contribution in [0.15, 0.2) is 91.0 Å². The fraction of sp³-hybridized carbons (Fsp3) is 0.250. The highest BCUT2D eigenvalue weighted by Gasteiger charge is 2.11. The average Bonchev–Trinajstić information content (AvgIpc) is 2.74. The average molecular weight is 378 g/mol. The molecule has 0 aliphatic carbocycles. The Bertz CT molecular complexity index is 702. The molecule has 0 aliphatic heterocycles. The van der Waals surface area contributed by atoms with Crippen LogP contribution < -0.4 is 0 Å². The minimum atomic E-state index is -0.877. The van der Waals surface area contributed by atoms with E-state index in [-0.39, 0.29) is 0 Å². The van der Waals surface area contributed by atoms with Gasteiger partial charge in [0.25, 0.3) is 0 Å². The molecule has 0 aliphatic rings. The molecule has 0 aromatic heterocycles. The van der Waals surface area contributed by atoms with Crippen LogP contribution in [0.5, 0.6) is 0 Å². The quantitative estimate of drug-likeness (QED) is 0.378. The molecule has 3 heteroatoms. The Morgan fingerprint density at radius 2 is 0.852 bits per heavy atom. The number of aryl methyl sites for hydroxylation is 1. The van der Waals surface area contributed by atoms with E-state index in [1.807, 2.05) is 12.1 Å². The lowest BCUT2D eigenvalue weighted by Crippen LogP contribution is -2.04. The summed E-state index contributed by atoms with van der Waals surface area (Å²) in [7, 11) is -0.877. The summed E-state index contributed by atoms with van der Waals surface area (Å²) >= 11 is 0. The maximum Gasteiger partial charge on any atom is 0.170 e. The Hall–Kier alpha value is -1.99. The highest BCUT2D eigenvalue weighted by molar-refractivity contribution is 7.47. The van der Waals surface area contributed by atoms with Gasteiger partial charge in [0.1, 0.15) is 0 Å². The van der Waals surface area contributed by atoms with Crippen LogP contribution in [0.3, 0.4) is 0 Å². The Kier molecular flexibility index (Phi) is 8.54. The molecule has 0 saturated heterocycles. The summed E-state index contributed by atoms with van der Waals surface area (Å²) in [5.41, 5.74) is 3.95. The molecule has 0 fully saturated rings. The second-order valence-corrected chi connectivity index (χ2v) is 8.06. The summed E-state index contributed by atoms with van der Waals surface area (Å²) in [5.74, 6) is 0. The smallest absolute Gasteiger partial charge is 0.170 e. The molecule has 0 saturated carbocycles. The van der Waals surface area contributed by atoms with Crippen LogP contribution in [0, 0.1) is 0 Å². The van der Waals surface area contributed by atoms with E-state index in [0.29, 0.717) is 13.2 Å².